The molecule has 0 aliphatic heterocycles. The lowest BCUT2D eigenvalue weighted by molar-refractivity contribution is -0.150. The molecule has 4 nitrogen and oxygen atoms in total. The van der Waals surface area contributed by atoms with E-state index in [1.54, 1.807) is 0 Å². The van der Waals surface area contributed by atoms with Crippen molar-refractivity contribution in [3.63, 3.8) is 0 Å². The number of esters is 1. The van der Waals surface area contributed by atoms with Crippen LogP contribution in [0.5, 0.6) is 0 Å². The van der Waals surface area contributed by atoms with E-state index in [1.807, 2.05) is 7.05 Å². The molecule has 1 saturated carbocycles. The molecule has 1 fully saturated rings. The summed E-state index contributed by atoms with van der Waals surface area (Å²) in [7, 11) is 5.42. The van der Waals surface area contributed by atoms with E-state index in [-0.39, 0.29) is 5.97 Å². The summed E-state index contributed by atoms with van der Waals surface area (Å²) in [6.07, 6.45) is 2.22. The third kappa shape index (κ3) is 3.04. The van der Waals surface area contributed by atoms with E-state index in [1.165, 1.54) is 7.11 Å². The first-order valence-electron chi connectivity index (χ1n) is 6.86. The second kappa shape index (κ2) is 6.02. The van der Waals surface area contributed by atoms with Crippen LogP contribution in [0.15, 0.2) is 0 Å². The minimum atomic E-state index is -0.535. The summed E-state index contributed by atoms with van der Waals surface area (Å²) in [4.78, 5) is 14.4. The summed E-state index contributed by atoms with van der Waals surface area (Å²) >= 11 is 0. The topological polar surface area (TPSA) is 41.6 Å². The lowest BCUT2D eigenvalue weighted by Gasteiger charge is -2.38. The van der Waals surface area contributed by atoms with Crippen LogP contribution in [0.2, 0.25) is 0 Å². The fourth-order valence-corrected chi connectivity index (χ4v) is 2.55. The summed E-state index contributed by atoms with van der Waals surface area (Å²) < 4.78 is 5.02. The maximum absolute atomic E-state index is 12.2. The Morgan fingerprint density at radius 1 is 1.44 bits per heavy atom. The molecule has 106 valence electrons. The molecule has 0 amide bonds. The zero-order valence-electron chi connectivity index (χ0n) is 12.6. The zero-order valence-corrected chi connectivity index (χ0v) is 12.6. The molecule has 0 aromatic rings. The first-order valence-corrected chi connectivity index (χ1v) is 6.86. The Morgan fingerprint density at radius 2 is 2.00 bits per heavy atom. The van der Waals surface area contributed by atoms with Gasteiger partial charge >= 0.3 is 5.97 Å². The summed E-state index contributed by atoms with van der Waals surface area (Å²) in [5.74, 6) is 0.855. The van der Waals surface area contributed by atoms with Crippen molar-refractivity contribution in [3.05, 3.63) is 0 Å². The maximum Gasteiger partial charge on any atom is 0.327 e. The normalized spacial score (nSPS) is 20.9. The van der Waals surface area contributed by atoms with Crippen LogP contribution in [0.25, 0.3) is 0 Å². The zero-order chi connectivity index (χ0) is 13.9. The van der Waals surface area contributed by atoms with E-state index in [0.29, 0.717) is 24.4 Å². The van der Waals surface area contributed by atoms with Crippen molar-refractivity contribution >= 4 is 5.97 Å². The van der Waals surface area contributed by atoms with Crippen LogP contribution in [0.4, 0.5) is 0 Å². The molecule has 0 heterocycles. The van der Waals surface area contributed by atoms with Gasteiger partial charge in [0.15, 0.2) is 0 Å². The van der Waals surface area contributed by atoms with Crippen molar-refractivity contribution in [1.29, 1.82) is 0 Å². The molecule has 1 aliphatic rings. The molecule has 4 heteroatoms. The Bertz CT molecular complexity index is 290. The minimum absolute atomic E-state index is 0.129. The summed E-state index contributed by atoms with van der Waals surface area (Å²) in [5.41, 5.74) is -0.535. The molecule has 1 aliphatic carbocycles. The van der Waals surface area contributed by atoms with E-state index in [0.717, 1.165) is 12.8 Å². The van der Waals surface area contributed by atoms with Gasteiger partial charge in [-0.05, 0) is 45.7 Å². The molecular weight excluding hydrogens is 228 g/mol. The van der Waals surface area contributed by atoms with Crippen molar-refractivity contribution in [2.75, 3.05) is 27.7 Å². The third-order valence-electron chi connectivity index (χ3n) is 4.43. The Labute approximate surface area is 111 Å². The Balaban J connectivity index is 2.81. The van der Waals surface area contributed by atoms with Crippen LogP contribution in [0.1, 0.15) is 33.6 Å². The highest BCUT2D eigenvalue weighted by molar-refractivity contribution is 5.82. The molecular formula is C14H28N2O2. The van der Waals surface area contributed by atoms with Gasteiger partial charge in [0, 0.05) is 12.6 Å². The lowest BCUT2D eigenvalue weighted by atomic mass is 9.91. The first kappa shape index (κ1) is 15.4. The number of likely N-dealkylation sites (N-methyl/N-ethyl adjacent to an activating group) is 2. The average molecular weight is 256 g/mol. The second-order valence-electron chi connectivity index (χ2n) is 5.89. The van der Waals surface area contributed by atoms with Gasteiger partial charge in [0.2, 0.25) is 0 Å². The summed E-state index contributed by atoms with van der Waals surface area (Å²) in [5, 5.41) is 3.24. The Morgan fingerprint density at radius 3 is 2.33 bits per heavy atom. The van der Waals surface area contributed by atoms with Crippen molar-refractivity contribution in [2.45, 2.75) is 45.2 Å². The van der Waals surface area contributed by atoms with Gasteiger partial charge in [0.25, 0.3) is 0 Å². The average Bonchev–Trinajstić information content (AvgIpc) is 3.18. The SMILES string of the molecule is CNC(CN(C)C(C)C(C)C)(C(=O)OC)C1CC1. The first-order chi connectivity index (χ1) is 8.39. The molecule has 0 spiro atoms. The van der Waals surface area contributed by atoms with E-state index >= 15 is 0 Å². The number of hydrogen-bond donors (Lipinski definition) is 1. The van der Waals surface area contributed by atoms with E-state index in [4.69, 9.17) is 4.74 Å². The predicted molar refractivity (Wildman–Crippen MR) is 73.5 cm³/mol. The van der Waals surface area contributed by atoms with Crippen LogP contribution < -0.4 is 5.32 Å². The Hall–Kier alpha value is -0.610. The van der Waals surface area contributed by atoms with Crippen molar-refractivity contribution < 1.29 is 9.53 Å². The molecule has 0 radical (unpaired) electrons. The van der Waals surface area contributed by atoms with E-state index < -0.39 is 5.54 Å². The van der Waals surface area contributed by atoms with Crippen molar-refractivity contribution in [1.82, 2.24) is 10.2 Å². The van der Waals surface area contributed by atoms with E-state index in [2.05, 4.69) is 38.0 Å². The lowest BCUT2D eigenvalue weighted by Crippen LogP contribution is -2.60. The third-order valence-corrected chi connectivity index (χ3v) is 4.43. The second-order valence-corrected chi connectivity index (χ2v) is 5.89. The predicted octanol–water partition coefficient (Wildman–Crippen LogP) is 1.50. The summed E-state index contributed by atoms with van der Waals surface area (Å²) in [6.45, 7) is 7.32. The smallest absolute Gasteiger partial charge is 0.327 e. The molecule has 2 unspecified atom stereocenters. The quantitative estimate of drug-likeness (QED) is 0.701. The van der Waals surface area contributed by atoms with Crippen LogP contribution >= 0.6 is 0 Å². The number of nitrogens with one attached hydrogen (secondary N) is 1. The van der Waals surface area contributed by atoms with Gasteiger partial charge in [-0.1, -0.05) is 13.8 Å². The molecule has 0 bridgehead atoms. The Kier molecular flexibility index (Phi) is 5.17. The number of hydrogen-bond acceptors (Lipinski definition) is 4. The highest BCUT2D eigenvalue weighted by Crippen LogP contribution is 2.41. The maximum atomic E-state index is 12.2. The van der Waals surface area contributed by atoms with Gasteiger partial charge in [0.05, 0.1) is 7.11 Å². The monoisotopic (exact) mass is 256 g/mol. The summed E-state index contributed by atoms with van der Waals surface area (Å²) in [6, 6.07) is 0.445. The van der Waals surface area contributed by atoms with Crippen molar-refractivity contribution in [2.24, 2.45) is 11.8 Å². The van der Waals surface area contributed by atoms with Crippen LogP contribution in [-0.2, 0) is 9.53 Å². The molecule has 0 aromatic heterocycles. The van der Waals surface area contributed by atoms with Gasteiger partial charge in [-0.25, -0.2) is 4.79 Å². The van der Waals surface area contributed by atoms with Gasteiger partial charge in [-0.15, -0.1) is 0 Å². The van der Waals surface area contributed by atoms with Crippen LogP contribution in [0.3, 0.4) is 0 Å². The van der Waals surface area contributed by atoms with Gasteiger partial charge in [0.1, 0.15) is 5.54 Å². The van der Waals surface area contributed by atoms with Crippen molar-refractivity contribution in [3.8, 4) is 0 Å². The van der Waals surface area contributed by atoms with Gasteiger partial charge < -0.3 is 15.0 Å². The number of methoxy groups -OCH3 is 1. The molecule has 0 aromatic carbocycles. The van der Waals surface area contributed by atoms with E-state index in [9.17, 15) is 4.79 Å². The number of rotatable bonds is 7. The number of carbonyl (C=O) groups is 1. The molecule has 1 rings (SSSR count). The van der Waals surface area contributed by atoms with Gasteiger partial charge in [-0.3, -0.25) is 0 Å². The number of ether oxygens (including phenoxy) is 1. The molecule has 18 heavy (non-hydrogen) atoms. The molecule has 1 N–H and O–H groups in total. The standard InChI is InChI=1S/C14H28N2O2/c1-10(2)11(3)16(5)9-14(15-4,12-7-8-12)13(17)18-6/h10-12,15H,7-9H2,1-6H3. The molecule has 0 saturated heterocycles. The largest absolute Gasteiger partial charge is 0.468 e. The van der Waals surface area contributed by atoms with Crippen LogP contribution in [0, 0.1) is 11.8 Å². The number of nitrogens with zero attached hydrogens (tertiary/aromatic N) is 1. The van der Waals surface area contributed by atoms with Crippen LogP contribution in [-0.4, -0.2) is 50.2 Å². The fourth-order valence-electron chi connectivity index (χ4n) is 2.55. The highest BCUT2D eigenvalue weighted by Gasteiger charge is 2.51. The minimum Gasteiger partial charge on any atom is -0.468 e. The molecule has 2 atom stereocenters. The van der Waals surface area contributed by atoms with Gasteiger partial charge in [-0.2, -0.15) is 0 Å². The fraction of sp³-hybridized carbons (Fsp3) is 0.929. The number of carbonyl (C=O) groups excluding carboxylic acids is 1. The highest BCUT2D eigenvalue weighted by atomic mass is 16.5.